The van der Waals surface area contributed by atoms with Crippen molar-refractivity contribution < 1.29 is 4.74 Å². The molecule has 0 atom stereocenters. The van der Waals surface area contributed by atoms with Gasteiger partial charge in [0, 0.05) is 32.9 Å². The number of nitrogens with one attached hydrogen (secondary N) is 1. The van der Waals surface area contributed by atoms with Gasteiger partial charge in [0.05, 0.1) is 12.3 Å². The molecular formula is C13H22N6O. The van der Waals surface area contributed by atoms with E-state index < -0.39 is 0 Å². The van der Waals surface area contributed by atoms with Crippen LogP contribution >= 0.6 is 0 Å². The standard InChI is InChI=1S/C13H22N6O/c1-3-6-19-13(15-11-16-19)10-18-7-4-12(17-18)9-14-5-8-20-2/h4,7,11,14H,3,5-6,8-10H2,1-2H3. The lowest BCUT2D eigenvalue weighted by Gasteiger charge is -2.04. The Morgan fingerprint density at radius 1 is 1.40 bits per heavy atom. The van der Waals surface area contributed by atoms with E-state index >= 15 is 0 Å². The molecule has 1 N–H and O–H groups in total. The fraction of sp³-hybridized carbons (Fsp3) is 0.615. The fourth-order valence-electron chi connectivity index (χ4n) is 1.93. The first-order valence-electron chi connectivity index (χ1n) is 6.92. The van der Waals surface area contributed by atoms with Gasteiger partial charge in [-0.05, 0) is 12.5 Å². The summed E-state index contributed by atoms with van der Waals surface area (Å²) in [7, 11) is 1.70. The van der Waals surface area contributed by atoms with Crippen LogP contribution in [0.15, 0.2) is 18.6 Å². The maximum atomic E-state index is 4.99. The summed E-state index contributed by atoms with van der Waals surface area (Å²) in [5.74, 6) is 0.939. The number of nitrogens with zero attached hydrogens (tertiary/aromatic N) is 5. The van der Waals surface area contributed by atoms with Crippen LogP contribution in [0.25, 0.3) is 0 Å². The molecule has 2 rings (SSSR count). The van der Waals surface area contributed by atoms with Crippen molar-refractivity contribution in [3.8, 4) is 0 Å². The SMILES string of the molecule is CCCn1ncnc1Cn1ccc(CNCCOC)n1. The van der Waals surface area contributed by atoms with E-state index in [0.717, 1.165) is 37.6 Å². The van der Waals surface area contributed by atoms with Gasteiger partial charge in [0.25, 0.3) is 0 Å². The van der Waals surface area contributed by atoms with Gasteiger partial charge in [0.1, 0.15) is 18.7 Å². The molecule has 0 saturated carbocycles. The van der Waals surface area contributed by atoms with E-state index in [1.54, 1.807) is 13.4 Å². The molecule has 0 amide bonds. The predicted molar refractivity (Wildman–Crippen MR) is 75.2 cm³/mol. The Morgan fingerprint density at radius 2 is 2.30 bits per heavy atom. The molecule has 2 aromatic rings. The lowest BCUT2D eigenvalue weighted by Crippen LogP contribution is -2.19. The first-order valence-corrected chi connectivity index (χ1v) is 6.92. The highest BCUT2D eigenvalue weighted by molar-refractivity contribution is 5.00. The van der Waals surface area contributed by atoms with Gasteiger partial charge < -0.3 is 10.1 Å². The van der Waals surface area contributed by atoms with Gasteiger partial charge in [-0.15, -0.1) is 0 Å². The van der Waals surface area contributed by atoms with Crippen molar-refractivity contribution in [3.63, 3.8) is 0 Å². The van der Waals surface area contributed by atoms with Crippen molar-refractivity contribution in [1.29, 1.82) is 0 Å². The third-order valence-corrected chi connectivity index (χ3v) is 2.92. The van der Waals surface area contributed by atoms with Crippen molar-refractivity contribution in [2.24, 2.45) is 0 Å². The molecule has 0 unspecified atom stereocenters. The van der Waals surface area contributed by atoms with Gasteiger partial charge in [-0.3, -0.25) is 4.68 Å². The molecule has 0 saturated heterocycles. The molecule has 0 aromatic carbocycles. The lowest BCUT2D eigenvalue weighted by atomic mass is 10.4. The summed E-state index contributed by atoms with van der Waals surface area (Å²) in [4.78, 5) is 4.28. The molecule has 0 bridgehead atoms. The molecule has 0 fully saturated rings. The lowest BCUT2D eigenvalue weighted by molar-refractivity contribution is 0.199. The van der Waals surface area contributed by atoms with Gasteiger partial charge in [-0.25, -0.2) is 9.67 Å². The average molecular weight is 278 g/mol. The number of methoxy groups -OCH3 is 1. The number of hydrogen-bond donors (Lipinski definition) is 1. The molecule has 7 heteroatoms. The zero-order valence-corrected chi connectivity index (χ0v) is 12.1. The summed E-state index contributed by atoms with van der Waals surface area (Å²) in [6.45, 7) is 5.95. The van der Waals surface area contributed by atoms with Crippen LogP contribution in [0.5, 0.6) is 0 Å². The van der Waals surface area contributed by atoms with E-state index in [9.17, 15) is 0 Å². The Hall–Kier alpha value is -1.73. The molecule has 0 spiro atoms. The van der Waals surface area contributed by atoms with Crippen LogP contribution in [0.3, 0.4) is 0 Å². The molecule has 0 aliphatic rings. The number of rotatable bonds is 9. The first kappa shape index (κ1) is 14.7. The van der Waals surface area contributed by atoms with Crippen molar-refractivity contribution in [2.45, 2.75) is 33.0 Å². The topological polar surface area (TPSA) is 69.8 Å². The summed E-state index contributed by atoms with van der Waals surface area (Å²) in [6.07, 6.45) is 4.62. The Kier molecular flexibility index (Phi) is 5.69. The second-order valence-electron chi connectivity index (χ2n) is 4.57. The average Bonchev–Trinajstić information content (AvgIpc) is 3.06. The molecule has 110 valence electrons. The zero-order valence-electron chi connectivity index (χ0n) is 12.1. The Labute approximate surface area is 119 Å². The highest BCUT2D eigenvalue weighted by atomic mass is 16.5. The van der Waals surface area contributed by atoms with Gasteiger partial charge >= 0.3 is 0 Å². The summed E-state index contributed by atoms with van der Waals surface area (Å²) in [5.41, 5.74) is 1.02. The van der Waals surface area contributed by atoms with Gasteiger partial charge in [0.15, 0.2) is 0 Å². The summed E-state index contributed by atoms with van der Waals surface area (Å²) >= 11 is 0. The minimum Gasteiger partial charge on any atom is -0.383 e. The minimum atomic E-state index is 0.651. The van der Waals surface area contributed by atoms with Gasteiger partial charge in [-0.1, -0.05) is 6.92 Å². The van der Waals surface area contributed by atoms with Crippen molar-refractivity contribution >= 4 is 0 Å². The van der Waals surface area contributed by atoms with Gasteiger partial charge in [0.2, 0.25) is 0 Å². The van der Waals surface area contributed by atoms with E-state index in [1.807, 2.05) is 21.6 Å². The fourth-order valence-corrected chi connectivity index (χ4v) is 1.93. The van der Waals surface area contributed by atoms with Crippen LogP contribution in [0.2, 0.25) is 0 Å². The zero-order chi connectivity index (χ0) is 14.2. The van der Waals surface area contributed by atoms with Crippen LogP contribution in [0, 0.1) is 0 Å². The highest BCUT2D eigenvalue weighted by Crippen LogP contribution is 2.01. The summed E-state index contributed by atoms with van der Waals surface area (Å²) < 4.78 is 8.81. The van der Waals surface area contributed by atoms with Crippen LogP contribution in [-0.4, -0.2) is 44.8 Å². The van der Waals surface area contributed by atoms with Crippen LogP contribution in [-0.2, 0) is 24.4 Å². The number of aromatic nitrogens is 5. The van der Waals surface area contributed by atoms with E-state index in [2.05, 4.69) is 27.4 Å². The van der Waals surface area contributed by atoms with Crippen LogP contribution in [0.4, 0.5) is 0 Å². The molecule has 20 heavy (non-hydrogen) atoms. The minimum absolute atomic E-state index is 0.651. The predicted octanol–water partition coefficient (Wildman–Crippen LogP) is 0.669. The third kappa shape index (κ3) is 4.14. The van der Waals surface area contributed by atoms with E-state index in [0.29, 0.717) is 13.2 Å². The van der Waals surface area contributed by atoms with Crippen LogP contribution in [0.1, 0.15) is 24.9 Å². The summed E-state index contributed by atoms with van der Waals surface area (Å²) in [6, 6.07) is 2.01. The number of hydrogen-bond acceptors (Lipinski definition) is 5. The molecule has 2 heterocycles. The van der Waals surface area contributed by atoms with Crippen molar-refractivity contribution in [2.75, 3.05) is 20.3 Å². The maximum absolute atomic E-state index is 4.99. The van der Waals surface area contributed by atoms with E-state index in [1.165, 1.54) is 0 Å². The smallest absolute Gasteiger partial charge is 0.148 e. The monoisotopic (exact) mass is 278 g/mol. The maximum Gasteiger partial charge on any atom is 0.148 e. The van der Waals surface area contributed by atoms with Crippen molar-refractivity contribution in [3.05, 3.63) is 30.1 Å². The normalized spacial score (nSPS) is 11.1. The number of aryl methyl sites for hydroxylation is 1. The molecule has 0 radical (unpaired) electrons. The molecule has 7 nitrogen and oxygen atoms in total. The summed E-state index contributed by atoms with van der Waals surface area (Å²) in [5, 5.41) is 12.0. The molecule has 2 aromatic heterocycles. The Balaban J connectivity index is 1.87. The second kappa shape index (κ2) is 7.76. The Morgan fingerprint density at radius 3 is 3.10 bits per heavy atom. The largest absolute Gasteiger partial charge is 0.383 e. The van der Waals surface area contributed by atoms with E-state index in [4.69, 9.17) is 4.74 Å². The van der Waals surface area contributed by atoms with E-state index in [-0.39, 0.29) is 0 Å². The first-order chi connectivity index (χ1) is 9.83. The highest BCUT2D eigenvalue weighted by Gasteiger charge is 2.06. The van der Waals surface area contributed by atoms with Crippen LogP contribution < -0.4 is 5.32 Å². The Bertz CT molecular complexity index is 506. The van der Waals surface area contributed by atoms with Gasteiger partial charge in [-0.2, -0.15) is 10.2 Å². The third-order valence-electron chi connectivity index (χ3n) is 2.92. The molecule has 0 aliphatic heterocycles. The second-order valence-corrected chi connectivity index (χ2v) is 4.57. The van der Waals surface area contributed by atoms with Crippen molar-refractivity contribution in [1.82, 2.24) is 29.9 Å². The molecular weight excluding hydrogens is 256 g/mol. The number of ether oxygens (including phenoxy) is 1. The molecule has 0 aliphatic carbocycles. The quantitative estimate of drug-likeness (QED) is 0.683.